The number of aromatic nitrogens is 2. The lowest BCUT2D eigenvalue weighted by atomic mass is 10.0. The lowest BCUT2D eigenvalue weighted by Gasteiger charge is -2.33. The second-order valence-electron chi connectivity index (χ2n) is 11.4. The Balaban J connectivity index is 1.10. The van der Waals surface area contributed by atoms with E-state index in [0.717, 1.165) is 36.4 Å². The van der Waals surface area contributed by atoms with Crippen LogP contribution in [0, 0.1) is 5.41 Å². The van der Waals surface area contributed by atoms with Crippen LogP contribution in [0.4, 0.5) is 5.69 Å². The molecule has 3 fully saturated rings. The molecule has 3 aliphatic heterocycles. The Morgan fingerprint density at radius 2 is 1.92 bits per heavy atom. The van der Waals surface area contributed by atoms with Gasteiger partial charge in [-0.25, -0.2) is 0 Å². The summed E-state index contributed by atoms with van der Waals surface area (Å²) in [4.78, 5) is 42.6. The molecule has 0 spiro atoms. The summed E-state index contributed by atoms with van der Waals surface area (Å²) in [7, 11) is 0. The summed E-state index contributed by atoms with van der Waals surface area (Å²) in [5, 5.41) is 10.6. The van der Waals surface area contributed by atoms with Crippen LogP contribution in [0.5, 0.6) is 0 Å². The third kappa shape index (κ3) is 4.56. The molecule has 4 aliphatic rings. The highest BCUT2D eigenvalue weighted by atomic mass is 16.2. The van der Waals surface area contributed by atoms with Crippen LogP contribution in [-0.2, 0) is 11.3 Å². The van der Waals surface area contributed by atoms with E-state index in [1.165, 1.54) is 19.4 Å². The minimum absolute atomic E-state index is 0.328. The molecule has 2 N–H and O–H groups in total. The molecule has 1 atom stereocenters. The first-order chi connectivity index (χ1) is 17.8. The summed E-state index contributed by atoms with van der Waals surface area (Å²) in [6.45, 7) is 10.1. The lowest BCUT2D eigenvalue weighted by Crippen LogP contribution is -2.51. The summed E-state index contributed by atoms with van der Waals surface area (Å²) >= 11 is 0. The zero-order valence-electron chi connectivity index (χ0n) is 21.3. The van der Waals surface area contributed by atoms with E-state index in [-0.39, 0.29) is 5.91 Å². The van der Waals surface area contributed by atoms with E-state index >= 15 is 0 Å². The predicted octanol–water partition coefficient (Wildman–Crippen LogP) is 3.32. The third-order valence-electron chi connectivity index (χ3n) is 8.36. The average molecular weight is 503 g/mol. The van der Waals surface area contributed by atoms with Crippen LogP contribution in [0.1, 0.15) is 77.8 Å². The molecule has 6 rings (SSSR count). The van der Waals surface area contributed by atoms with Crippen molar-refractivity contribution in [3.05, 3.63) is 59.6 Å². The quantitative estimate of drug-likeness (QED) is 0.564. The number of rotatable bonds is 7. The van der Waals surface area contributed by atoms with Crippen molar-refractivity contribution in [2.75, 3.05) is 25.0 Å². The molecule has 1 aromatic heterocycles. The molecule has 9 heteroatoms. The van der Waals surface area contributed by atoms with Crippen molar-refractivity contribution in [3.8, 4) is 0 Å². The number of carbonyl (C=O) groups excluding carboxylic acids is 3. The average Bonchev–Trinajstić information content (AvgIpc) is 3.31. The van der Waals surface area contributed by atoms with E-state index in [1.54, 1.807) is 18.2 Å². The number of likely N-dealkylation sites (tertiary alicyclic amines) is 1. The van der Waals surface area contributed by atoms with Crippen molar-refractivity contribution in [1.29, 1.82) is 0 Å². The zero-order valence-corrected chi connectivity index (χ0v) is 21.3. The zero-order chi connectivity index (χ0) is 25.7. The van der Waals surface area contributed by atoms with Crippen LogP contribution in [0.25, 0.3) is 0 Å². The standard InChI is InChI=1S/C28H34N6O3/c1-18-6-7-23(25(35)31-18)34-26(36)21-4-3-5-22(24(21)27(34)37)29-14-19-15-30-33(16-19)20-8-12-32(13-9-20)17-28(2)10-11-28/h3-5,15-16,20,23,29H,1,6-14,17H2,2H3,(H,31,35). The fourth-order valence-corrected chi connectivity index (χ4v) is 5.86. The number of hydrogen-bond acceptors (Lipinski definition) is 6. The van der Waals surface area contributed by atoms with Crippen LogP contribution < -0.4 is 10.6 Å². The van der Waals surface area contributed by atoms with Gasteiger partial charge < -0.3 is 15.5 Å². The Bertz CT molecular complexity index is 1270. The van der Waals surface area contributed by atoms with Gasteiger partial charge in [-0.2, -0.15) is 5.10 Å². The van der Waals surface area contributed by atoms with E-state index in [2.05, 4.69) is 45.0 Å². The topological polar surface area (TPSA) is 99.6 Å². The molecule has 3 amide bonds. The number of allylic oxidation sites excluding steroid dienone is 1. The van der Waals surface area contributed by atoms with Crippen LogP contribution in [0.2, 0.25) is 0 Å². The minimum Gasteiger partial charge on any atom is -0.380 e. The Kier molecular flexibility index (Phi) is 5.90. The number of amides is 3. The van der Waals surface area contributed by atoms with E-state index in [1.807, 2.05) is 6.20 Å². The molecule has 194 valence electrons. The Morgan fingerprint density at radius 3 is 2.65 bits per heavy atom. The fraction of sp³-hybridized carbons (Fsp3) is 0.500. The fourth-order valence-electron chi connectivity index (χ4n) is 5.86. The first-order valence-corrected chi connectivity index (χ1v) is 13.3. The third-order valence-corrected chi connectivity index (χ3v) is 8.36. The van der Waals surface area contributed by atoms with E-state index in [9.17, 15) is 14.4 Å². The van der Waals surface area contributed by atoms with Gasteiger partial charge in [0.2, 0.25) is 5.91 Å². The highest BCUT2D eigenvalue weighted by Crippen LogP contribution is 2.46. The van der Waals surface area contributed by atoms with Crippen LogP contribution in [0.3, 0.4) is 0 Å². The number of anilines is 1. The number of fused-ring (bicyclic) bond motifs is 1. The summed E-state index contributed by atoms with van der Waals surface area (Å²) in [6, 6.07) is 4.80. The molecular weight excluding hydrogens is 468 g/mol. The Hall–Kier alpha value is -3.46. The van der Waals surface area contributed by atoms with Gasteiger partial charge >= 0.3 is 0 Å². The van der Waals surface area contributed by atoms with Crippen molar-refractivity contribution < 1.29 is 14.4 Å². The maximum atomic E-state index is 13.3. The number of nitrogens with one attached hydrogen (secondary N) is 2. The van der Waals surface area contributed by atoms with Crippen molar-refractivity contribution in [2.45, 2.75) is 64.1 Å². The van der Waals surface area contributed by atoms with Crippen LogP contribution >= 0.6 is 0 Å². The molecule has 37 heavy (non-hydrogen) atoms. The summed E-state index contributed by atoms with van der Waals surface area (Å²) in [6.07, 6.45) is 9.79. The maximum absolute atomic E-state index is 13.3. The highest BCUT2D eigenvalue weighted by molar-refractivity contribution is 6.25. The van der Waals surface area contributed by atoms with E-state index in [4.69, 9.17) is 0 Å². The largest absolute Gasteiger partial charge is 0.380 e. The molecule has 1 unspecified atom stereocenters. The first kappa shape index (κ1) is 23.9. The van der Waals surface area contributed by atoms with Gasteiger partial charge in [0.1, 0.15) is 6.04 Å². The second kappa shape index (κ2) is 9.13. The molecule has 4 heterocycles. The second-order valence-corrected chi connectivity index (χ2v) is 11.4. The predicted molar refractivity (Wildman–Crippen MR) is 139 cm³/mol. The maximum Gasteiger partial charge on any atom is 0.264 e. The van der Waals surface area contributed by atoms with Gasteiger partial charge in [-0.1, -0.05) is 19.6 Å². The van der Waals surface area contributed by atoms with Gasteiger partial charge in [0, 0.05) is 49.3 Å². The highest BCUT2D eigenvalue weighted by Gasteiger charge is 2.45. The summed E-state index contributed by atoms with van der Waals surface area (Å²) < 4.78 is 2.08. The number of hydrogen-bond donors (Lipinski definition) is 2. The number of piperidine rings is 2. The lowest BCUT2D eigenvalue weighted by molar-refractivity contribution is -0.125. The van der Waals surface area contributed by atoms with Crippen molar-refractivity contribution in [1.82, 2.24) is 24.9 Å². The normalized spacial score (nSPS) is 23.8. The molecular formula is C28H34N6O3. The van der Waals surface area contributed by atoms with Crippen LogP contribution in [-0.4, -0.2) is 63.0 Å². The molecule has 2 aromatic rings. The van der Waals surface area contributed by atoms with Crippen molar-refractivity contribution >= 4 is 23.4 Å². The molecule has 1 aromatic carbocycles. The first-order valence-electron chi connectivity index (χ1n) is 13.3. The number of carbonyl (C=O) groups is 3. The van der Waals surface area contributed by atoms with Gasteiger partial charge in [-0.3, -0.25) is 24.0 Å². The van der Waals surface area contributed by atoms with Crippen LogP contribution in [0.15, 0.2) is 42.9 Å². The number of imide groups is 1. The van der Waals surface area contributed by atoms with Gasteiger partial charge in [0.15, 0.2) is 0 Å². The number of nitrogens with zero attached hydrogens (tertiary/aromatic N) is 4. The molecule has 9 nitrogen and oxygen atoms in total. The minimum atomic E-state index is -0.817. The van der Waals surface area contributed by atoms with E-state index < -0.39 is 17.9 Å². The molecule has 1 saturated carbocycles. The summed E-state index contributed by atoms with van der Waals surface area (Å²) in [5.41, 5.74) is 3.43. The van der Waals surface area contributed by atoms with Gasteiger partial charge in [-0.15, -0.1) is 0 Å². The smallest absolute Gasteiger partial charge is 0.264 e. The van der Waals surface area contributed by atoms with Gasteiger partial charge in [0.05, 0.1) is 23.4 Å². The molecule has 1 aliphatic carbocycles. The Morgan fingerprint density at radius 1 is 1.14 bits per heavy atom. The number of benzene rings is 1. The van der Waals surface area contributed by atoms with Gasteiger partial charge in [-0.05, 0) is 56.1 Å². The van der Waals surface area contributed by atoms with Crippen molar-refractivity contribution in [3.63, 3.8) is 0 Å². The molecule has 0 radical (unpaired) electrons. The monoisotopic (exact) mass is 502 g/mol. The van der Waals surface area contributed by atoms with Gasteiger partial charge in [0.25, 0.3) is 11.8 Å². The van der Waals surface area contributed by atoms with E-state index in [0.29, 0.717) is 53.4 Å². The van der Waals surface area contributed by atoms with Crippen molar-refractivity contribution in [2.24, 2.45) is 5.41 Å². The Labute approximate surface area is 216 Å². The SMILES string of the molecule is C=C1CCC(N2C(=O)c3cccc(NCc4cnn(C5CCN(CC6(C)CC6)CC5)c4)c3C2=O)C(=O)N1. The molecule has 2 saturated heterocycles. The summed E-state index contributed by atoms with van der Waals surface area (Å²) in [5.74, 6) is -1.22. The molecule has 0 bridgehead atoms.